The molecule has 4 N–H and O–H groups in total. The molecule has 2 atom stereocenters. The van der Waals surface area contributed by atoms with Gasteiger partial charge in [-0.1, -0.05) is 23.2 Å². The van der Waals surface area contributed by atoms with E-state index in [9.17, 15) is 32.9 Å². The Hall–Kier alpha value is -2.41. The number of benzene rings is 2. The Morgan fingerprint density at radius 2 is 1.77 bits per heavy atom. The maximum absolute atomic E-state index is 14.0. The molecule has 9 nitrogen and oxygen atoms in total. The van der Waals surface area contributed by atoms with Crippen LogP contribution in [0.5, 0.6) is 11.5 Å². The smallest absolute Gasteiger partial charge is 0.261 e. The van der Waals surface area contributed by atoms with Crippen LogP contribution in [-0.4, -0.2) is 65.7 Å². The largest absolute Gasteiger partial charge is 0.507 e. The molecule has 13 heteroatoms. The lowest BCUT2D eigenvalue weighted by Gasteiger charge is -2.24. The normalized spacial score (nSPS) is 18.5. The molecule has 3 aromatic rings. The van der Waals surface area contributed by atoms with Gasteiger partial charge in [-0.15, -0.1) is 0 Å². The first kappa shape index (κ1) is 27.2. The zero-order chi connectivity index (χ0) is 26.2. The maximum atomic E-state index is 14.0. The van der Waals surface area contributed by atoms with E-state index in [4.69, 9.17) is 32.2 Å². The minimum Gasteiger partial charge on any atom is -0.507 e. The molecule has 0 radical (unpaired) electrons. The number of halogens is 3. The molecular formula is C22H22Cl2FNO8S. The van der Waals surface area contributed by atoms with E-state index in [1.807, 2.05) is 11.9 Å². The molecule has 1 aliphatic rings. The van der Waals surface area contributed by atoms with Crippen molar-refractivity contribution in [3.63, 3.8) is 0 Å². The molecular weight excluding hydrogens is 528 g/mol. The Balaban J connectivity index is 0.000000623. The van der Waals surface area contributed by atoms with Crippen LogP contribution in [0.15, 0.2) is 33.5 Å². The van der Waals surface area contributed by atoms with Gasteiger partial charge >= 0.3 is 0 Å². The van der Waals surface area contributed by atoms with Gasteiger partial charge in [-0.2, -0.15) is 8.42 Å². The van der Waals surface area contributed by atoms with Crippen LogP contribution in [0.3, 0.4) is 0 Å². The summed E-state index contributed by atoms with van der Waals surface area (Å²) in [6.45, 7) is 0.497. The fourth-order valence-electron chi connectivity index (χ4n) is 4.14. The Morgan fingerprint density at radius 1 is 1.14 bits per heavy atom. The summed E-state index contributed by atoms with van der Waals surface area (Å²) in [6.07, 6.45) is 1.31. The first-order chi connectivity index (χ1) is 16.2. The first-order valence-electron chi connectivity index (χ1n) is 10.1. The highest BCUT2D eigenvalue weighted by molar-refractivity contribution is 7.85. The van der Waals surface area contributed by atoms with Gasteiger partial charge in [0.05, 0.1) is 22.9 Å². The summed E-state index contributed by atoms with van der Waals surface area (Å²) >= 11 is 11.9. The van der Waals surface area contributed by atoms with Gasteiger partial charge in [0.1, 0.15) is 34.0 Å². The van der Waals surface area contributed by atoms with Crippen molar-refractivity contribution in [3.8, 4) is 22.8 Å². The topological polar surface area (TPSA) is 149 Å². The number of nitrogens with zero attached hydrogens (tertiary/aromatic N) is 1. The van der Waals surface area contributed by atoms with Crippen molar-refractivity contribution in [3.05, 3.63) is 55.9 Å². The minimum absolute atomic E-state index is 0.0276. The number of hydrogen-bond acceptors (Lipinski definition) is 8. The first-order valence-corrected chi connectivity index (χ1v) is 12.7. The lowest BCUT2D eigenvalue weighted by molar-refractivity contribution is 0.172. The highest BCUT2D eigenvalue weighted by atomic mass is 35.5. The van der Waals surface area contributed by atoms with E-state index >= 15 is 0 Å². The van der Waals surface area contributed by atoms with Gasteiger partial charge in [-0.25, -0.2) is 4.39 Å². The van der Waals surface area contributed by atoms with E-state index in [0.717, 1.165) is 18.2 Å². The number of likely N-dealkylation sites (tertiary alicyclic amines) is 1. The summed E-state index contributed by atoms with van der Waals surface area (Å²) in [6, 6.07) is 4.13. The van der Waals surface area contributed by atoms with Crippen LogP contribution in [-0.2, 0) is 10.1 Å². The van der Waals surface area contributed by atoms with Crippen LogP contribution in [0, 0.1) is 5.82 Å². The predicted molar refractivity (Wildman–Crippen MR) is 130 cm³/mol. The molecule has 0 spiro atoms. The van der Waals surface area contributed by atoms with Crippen molar-refractivity contribution in [2.75, 3.05) is 26.5 Å². The molecule has 1 saturated heterocycles. The van der Waals surface area contributed by atoms with Crippen LogP contribution in [0.2, 0.25) is 10.0 Å². The number of rotatable bonds is 3. The number of phenols is 2. The van der Waals surface area contributed by atoms with Gasteiger partial charge in [0.2, 0.25) is 0 Å². The molecule has 0 amide bonds. The number of phenolic OH excluding ortho intramolecular Hbond substituents is 2. The Labute approximate surface area is 209 Å². The zero-order valence-corrected chi connectivity index (χ0v) is 20.8. The molecule has 4 rings (SSSR count). The average Bonchev–Trinajstić information content (AvgIpc) is 3.08. The summed E-state index contributed by atoms with van der Waals surface area (Å²) < 4.78 is 45.8. The molecule has 2 aromatic carbocycles. The van der Waals surface area contributed by atoms with E-state index in [2.05, 4.69) is 0 Å². The van der Waals surface area contributed by atoms with Crippen LogP contribution in [0.4, 0.5) is 4.39 Å². The summed E-state index contributed by atoms with van der Waals surface area (Å²) in [5.74, 6) is -1.82. The Kier molecular flexibility index (Phi) is 7.99. The minimum atomic E-state index is -3.67. The standard InChI is InChI=1S/C21H18Cl2FNO5.CH4O3S/c1-25-3-2-9(14(25)8-26)19-15(27)6-16(28)20-17(29)7-18(30-21(19)20)10-4-13(24)12(23)5-11(10)22;1-5(2,3)4/h4-7,9,14,26-28H,2-3,8H2,1H3;1H3,(H,2,3,4)/t9-,14+;/m0./s1. The summed E-state index contributed by atoms with van der Waals surface area (Å²) in [5, 5.41) is 30.5. The molecule has 1 fully saturated rings. The Morgan fingerprint density at radius 3 is 2.37 bits per heavy atom. The predicted octanol–water partition coefficient (Wildman–Crippen LogP) is 3.60. The molecule has 0 saturated carbocycles. The van der Waals surface area contributed by atoms with Crippen LogP contribution in [0.25, 0.3) is 22.3 Å². The fourth-order valence-corrected chi connectivity index (χ4v) is 4.61. The van der Waals surface area contributed by atoms with Crippen molar-refractivity contribution in [1.29, 1.82) is 0 Å². The van der Waals surface area contributed by atoms with Crippen molar-refractivity contribution in [2.24, 2.45) is 0 Å². The van der Waals surface area contributed by atoms with Crippen molar-refractivity contribution in [2.45, 2.75) is 18.4 Å². The van der Waals surface area contributed by atoms with E-state index in [-0.39, 0.29) is 56.7 Å². The lowest BCUT2D eigenvalue weighted by atomic mass is 9.89. The summed E-state index contributed by atoms with van der Waals surface area (Å²) in [5.41, 5.74) is -0.201. The maximum Gasteiger partial charge on any atom is 0.261 e. The third-order valence-electron chi connectivity index (χ3n) is 5.65. The monoisotopic (exact) mass is 549 g/mol. The van der Waals surface area contributed by atoms with Crippen LogP contribution >= 0.6 is 23.2 Å². The van der Waals surface area contributed by atoms with E-state index in [1.165, 1.54) is 6.07 Å². The van der Waals surface area contributed by atoms with E-state index in [1.54, 1.807) is 0 Å². The second-order valence-corrected chi connectivity index (χ2v) is 10.4. The molecule has 0 unspecified atom stereocenters. The van der Waals surface area contributed by atoms with Crippen molar-refractivity contribution >= 4 is 44.3 Å². The van der Waals surface area contributed by atoms with Crippen molar-refractivity contribution in [1.82, 2.24) is 4.90 Å². The quantitative estimate of drug-likeness (QED) is 0.284. The number of hydrogen-bond donors (Lipinski definition) is 4. The molecule has 0 aliphatic carbocycles. The van der Waals surface area contributed by atoms with Crippen LogP contribution in [0.1, 0.15) is 17.9 Å². The molecule has 2 heterocycles. The number of fused-ring (bicyclic) bond motifs is 1. The third kappa shape index (κ3) is 5.88. The zero-order valence-electron chi connectivity index (χ0n) is 18.5. The van der Waals surface area contributed by atoms with Crippen LogP contribution < -0.4 is 5.43 Å². The molecule has 1 aliphatic heterocycles. The van der Waals surface area contributed by atoms with Gasteiger partial charge in [0.25, 0.3) is 10.1 Å². The summed E-state index contributed by atoms with van der Waals surface area (Å²) in [7, 11) is -1.82. The molecule has 1 aromatic heterocycles. The SMILES string of the molecule is CN1CC[C@H](c2c(O)cc(O)c3c(=O)cc(-c4cc(F)c(Cl)cc4Cl)oc23)[C@H]1CO.CS(=O)(=O)O. The van der Waals surface area contributed by atoms with Crippen molar-refractivity contribution < 1.29 is 37.1 Å². The highest BCUT2D eigenvalue weighted by Gasteiger charge is 2.36. The number of aliphatic hydroxyl groups excluding tert-OH is 1. The fraction of sp³-hybridized carbons (Fsp3) is 0.318. The number of aromatic hydroxyl groups is 2. The van der Waals surface area contributed by atoms with Gasteiger partial charge < -0.3 is 24.6 Å². The van der Waals surface area contributed by atoms with Gasteiger partial charge in [0.15, 0.2) is 5.43 Å². The second-order valence-electron chi connectivity index (χ2n) is 8.11. The van der Waals surface area contributed by atoms with E-state index < -0.39 is 27.1 Å². The summed E-state index contributed by atoms with van der Waals surface area (Å²) in [4.78, 5) is 14.8. The molecule has 0 bridgehead atoms. The highest BCUT2D eigenvalue weighted by Crippen LogP contribution is 2.44. The Bertz CT molecular complexity index is 1440. The molecule has 35 heavy (non-hydrogen) atoms. The van der Waals surface area contributed by atoms with Gasteiger partial charge in [-0.05, 0) is 32.1 Å². The van der Waals surface area contributed by atoms with E-state index in [0.29, 0.717) is 24.8 Å². The molecule has 190 valence electrons. The number of aliphatic hydroxyl groups is 1. The third-order valence-corrected chi connectivity index (χ3v) is 6.26. The van der Waals surface area contributed by atoms with Gasteiger partial charge in [-0.3, -0.25) is 9.35 Å². The number of likely N-dealkylation sites (N-methyl/N-ethyl adjacent to an activating group) is 1. The van der Waals surface area contributed by atoms with Gasteiger partial charge in [0, 0.05) is 35.2 Å². The lowest BCUT2D eigenvalue weighted by Crippen LogP contribution is -2.32. The second kappa shape index (κ2) is 10.3. The average molecular weight is 550 g/mol.